The van der Waals surface area contributed by atoms with E-state index in [1.807, 2.05) is 0 Å². The number of nitrogens with two attached hydrogens (primary N) is 1. The van der Waals surface area contributed by atoms with Gasteiger partial charge in [-0.3, -0.25) is 4.79 Å². The number of halogens is 2. The van der Waals surface area contributed by atoms with Crippen LogP contribution >= 0.6 is 11.6 Å². The van der Waals surface area contributed by atoms with E-state index in [-0.39, 0.29) is 22.9 Å². The number of nitrogens with one attached hydrogen (secondary N) is 1. The van der Waals surface area contributed by atoms with Crippen LogP contribution in [0.5, 0.6) is 0 Å². The molecule has 0 aliphatic carbocycles. The molecule has 76 valence electrons. The minimum atomic E-state index is -0.621. The summed E-state index contributed by atoms with van der Waals surface area (Å²) in [5, 5.41) is 2.53. The summed E-state index contributed by atoms with van der Waals surface area (Å²) in [5.41, 5.74) is 5.57. The largest absolute Gasteiger partial charge is 0.384 e. The first-order chi connectivity index (χ1) is 6.65. The third-order valence-electron chi connectivity index (χ3n) is 1.50. The Morgan fingerprint density at radius 3 is 3.07 bits per heavy atom. The molecule has 0 aliphatic rings. The fourth-order valence-corrected chi connectivity index (χ4v) is 1.07. The van der Waals surface area contributed by atoms with Gasteiger partial charge in [-0.25, -0.2) is 9.37 Å². The first-order valence-electron chi connectivity index (χ1n) is 3.90. The quantitative estimate of drug-likeness (QED) is 0.794. The molecule has 0 aliphatic heterocycles. The van der Waals surface area contributed by atoms with Crippen LogP contribution in [0.1, 0.15) is 10.4 Å². The summed E-state index contributed by atoms with van der Waals surface area (Å²) in [7, 11) is 0. The summed E-state index contributed by atoms with van der Waals surface area (Å²) in [4.78, 5) is 15.0. The predicted octanol–water partition coefficient (Wildman–Crippen LogP) is 1.02. The molecule has 0 atom stereocenters. The first kappa shape index (κ1) is 10.7. The van der Waals surface area contributed by atoms with Gasteiger partial charge in [-0.15, -0.1) is 0 Å². The molecule has 3 N–H and O–H groups in total. The number of hydrogen-bond donors (Lipinski definition) is 2. The highest BCUT2D eigenvalue weighted by Gasteiger charge is 2.10. The highest BCUT2D eigenvalue weighted by molar-refractivity contribution is 6.33. The summed E-state index contributed by atoms with van der Waals surface area (Å²) in [5.74, 6) is -0.262. The van der Waals surface area contributed by atoms with Crippen LogP contribution in [0.25, 0.3) is 0 Å². The maximum atomic E-state index is 11.8. The summed E-state index contributed by atoms with van der Waals surface area (Å²) in [6, 6.07) is 1.34. The smallest absolute Gasteiger partial charge is 0.253 e. The monoisotopic (exact) mass is 217 g/mol. The fourth-order valence-electron chi connectivity index (χ4n) is 0.885. The van der Waals surface area contributed by atoms with Crippen molar-refractivity contribution in [3.05, 3.63) is 22.8 Å². The Bertz CT molecular complexity index is 345. The van der Waals surface area contributed by atoms with Gasteiger partial charge < -0.3 is 11.1 Å². The van der Waals surface area contributed by atoms with Crippen LogP contribution in [0.4, 0.5) is 10.2 Å². The van der Waals surface area contributed by atoms with Crippen molar-refractivity contribution in [2.75, 3.05) is 19.0 Å². The number of nitrogens with zero attached hydrogens (tertiary/aromatic N) is 1. The molecular formula is C8H9ClFN3O. The predicted molar refractivity (Wildman–Crippen MR) is 52.0 cm³/mol. The molecule has 1 rings (SSSR count). The van der Waals surface area contributed by atoms with E-state index in [1.54, 1.807) is 0 Å². The lowest BCUT2D eigenvalue weighted by Gasteiger charge is -2.04. The number of hydrogen-bond acceptors (Lipinski definition) is 3. The zero-order chi connectivity index (χ0) is 10.6. The van der Waals surface area contributed by atoms with Gasteiger partial charge in [-0.2, -0.15) is 0 Å². The molecular weight excluding hydrogens is 209 g/mol. The minimum absolute atomic E-state index is 0.0443. The van der Waals surface area contributed by atoms with Crippen molar-refractivity contribution >= 4 is 23.3 Å². The van der Waals surface area contributed by atoms with E-state index in [0.29, 0.717) is 0 Å². The molecule has 0 spiro atoms. The summed E-state index contributed by atoms with van der Waals surface area (Å²) < 4.78 is 11.8. The Labute approximate surface area is 85.3 Å². The van der Waals surface area contributed by atoms with Gasteiger partial charge >= 0.3 is 0 Å². The second-order valence-electron chi connectivity index (χ2n) is 2.53. The van der Waals surface area contributed by atoms with Crippen LogP contribution in [0.3, 0.4) is 0 Å². The van der Waals surface area contributed by atoms with Crippen LogP contribution in [0, 0.1) is 0 Å². The average molecular weight is 218 g/mol. The number of amides is 1. The lowest BCUT2D eigenvalue weighted by atomic mass is 10.2. The third kappa shape index (κ3) is 2.56. The zero-order valence-corrected chi connectivity index (χ0v) is 8.01. The van der Waals surface area contributed by atoms with E-state index < -0.39 is 12.6 Å². The Balaban J connectivity index is 2.83. The minimum Gasteiger partial charge on any atom is -0.384 e. The molecule has 1 heterocycles. The van der Waals surface area contributed by atoms with Gasteiger partial charge in [0.1, 0.15) is 12.5 Å². The Morgan fingerprint density at radius 2 is 2.43 bits per heavy atom. The van der Waals surface area contributed by atoms with Crippen molar-refractivity contribution in [1.29, 1.82) is 0 Å². The van der Waals surface area contributed by atoms with Gasteiger partial charge in [0.2, 0.25) is 0 Å². The Hall–Kier alpha value is -1.36. The lowest BCUT2D eigenvalue weighted by Crippen LogP contribution is -2.25. The van der Waals surface area contributed by atoms with Gasteiger partial charge in [0.05, 0.1) is 10.6 Å². The SMILES string of the molecule is Nc1cc(C(=O)NCCF)c(Cl)cn1. The summed E-state index contributed by atoms with van der Waals surface area (Å²) in [6.07, 6.45) is 1.28. The van der Waals surface area contributed by atoms with Crippen molar-refractivity contribution in [2.24, 2.45) is 0 Å². The van der Waals surface area contributed by atoms with E-state index in [1.165, 1.54) is 12.3 Å². The van der Waals surface area contributed by atoms with Gasteiger partial charge in [0, 0.05) is 12.7 Å². The Kier molecular flexibility index (Phi) is 3.64. The van der Waals surface area contributed by atoms with Crippen LogP contribution in [0.2, 0.25) is 5.02 Å². The normalized spacial score (nSPS) is 9.86. The molecule has 6 heteroatoms. The maximum Gasteiger partial charge on any atom is 0.253 e. The topological polar surface area (TPSA) is 68.0 Å². The van der Waals surface area contributed by atoms with Crippen molar-refractivity contribution < 1.29 is 9.18 Å². The third-order valence-corrected chi connectivity index (χ3v) is 1.80. The van der Waals surface area contributed by atoms with Crippen LogP contribution < -0.4 is 11.1 Å². The number of pyridine rings is 1. The standard InChI is InChI=1S/C8H9ClFN3O/c9-6-4-13-7(11)3-5(6)8(14)12-2-1-10/h3-4H,1-2H2,(H2,11,13)(H,12,14). The molecule has 1 aromatic heterocycles. The Morgan fingerprint density at radius 1 is 1.71 bits per heavy atom. The molecule has 0 radical (unpaired) electrons. The summed E-state index contributed by atoms with van der Waals surface area (Å²) >= 11 is 5.70. The van der Waals surface area contributed by atoms with Crippen molar-refractivity contribution in [3.63, 3.8) is 0 Å². The van der Waals surface area contributed by atoms with Crippen LogP contribution in [0.15, 0.2) is 12.3 Å². The van der Waals surface area contributed by atoms with Crippen LogP contribution in [-0.2, 0) is 0 Å². The molecule has 0 unspecified atom stereocenters. The molecule has 0 saturated carbocycles. The average Bonchev–Trinajstić information content (AvgIpc) is 2.18. The van der Waals surface area contributed by atoms with E-state index in [4.69, 9.17) is 17.3 Å². The zero-order valence-electron chi connectivity index (χ0n) is 7.26. The van der Waals surface area contributed by atoms with Crippen molar-refractivity contribution in [2.45, 2.75) is 0 Å². The van der Waals surface area contributed by atoms with Crippen LogP contribution in [-0.4, -0.2) is 24.1 Å². The van der Waals surface area contributed by atoms with Crippen molar-refractivity contribution in [1.82, 2.24) is 10.3 Å². The van der Waals surface area contributed by atoms with Gasteiger partial charge in [0.15, 0.2) is 0 Å². The van der Waals surface area contributed by atoms with E-state index >= 15 is 0 Å². The molecule has 1 amide bonds. The molecule has 0 fully saturated rings. The van der Waals surface area contributed by atoms with Gasteiger partial charge in [-0.1, -0.05) is 11.6 Å². The molecule has 1 aromatic rings. The number of nitrogen functional groups attached to an aromatic ring is 1. The first-order valence-corrected chi connectivity index (χ1v) is 4.28. The molecule has 0 bridgehead atoms. The number of anilines is 1. The lowest BCUT2D eigenvalue weighted by molar-refractivity contribution is 0.0951. The number of carbonyl (C=O) groups excluding carboxylic acids is 1. The highest BCUT2D eigenvalue weighted by Crippen LogP contribution is 2.15. The molecule has 14 heavy (non-hydrogen) atoms. The second kappa shape index (κ2) is 4.76. The van der Waals surface area contributed by atoms with E-state index in [9.17, 15) is 9.18 Å². The number of alkyl halides is 1. The highest BCUT2D eigenvalue weighted by atomic mass is 35.5. The number of aromatic nitrogens is 1. The van der Waals surface area contributed by atoms with Gasteiger partial charge in [0.25, 0.3) is 5.91 Å². The van der Waals surface area contributed by atoms with E-state index in [2.05, 4.69) is 10.3 Å². The maximum absolute atomic E-state index is 11.8. The second-order valence-corrected chi connectivity index (χ2v) is 2.94. The summed E-state index contributed by atoms with van der Waals surface area (Å²) in [6.45, 7) is -0.665. The number of rotatable bonds is 3. The van der Waals surface area contributed by atoms with Gasteiger partial charge in [-0.05, 0) is 6.07 Å². The van der Waals surface area contributed by atoms with E-state index in [0.717, 1.165) is 0 Å². The molecule has 0 saturated heterocycles. The van der Waals surface area contributed by atoms with Crippen molar-refractivity contribution in [3.8, 4) is 0 Å². The molecule has 4 nitrogen and oxygen atoms in total. The molecule has 0 aromatic carbocycles. The number of carbonyl (C=O) groups is 1. The fraction of sp³-hybridized carbons (Fsp3) is 0.250.